The van der Waals surface area contributed by atoms with E-state index in [0.29, 0.717) is 18.0 Å². The van der Waals surface area contributed by atoms with Gasteiger partial charge in [0, 0.05) is 31.2 Å². The van der Waals surface area contributed by atoms with Crippen molar-refractivity contribution in [2.75, 3.05) is 36.5 Å². The highest BCUT2D eigenvalue weighted by Gasteiger charge is 2.37. The third-order valence-corrected chi connectivity index (χ3v) is 6.29. The molecule has 0 aromatic carbocycles. The maximum atomic E-state index is 11.2. The Balaban J connectivity index is 1.32. The molecule has 1 atom stereocenters. The number of nitrogens with one attached hydrogen (secondary N) is 1. The predicted octanol–water partition coefficient (Wildman–Crippen LogP) is 1.57. The van der Waals surface area contributed by atoms with Crippen LogP contribution < -0.4 is 10.2 Å². The standard InChI is InChI=1S/C20H31N5O3/c26-12-16-3-1-2-6-25(16)19-9-18(21-13-22-19)23-15-7-17(8-15)24(11-20(27)28)10-14-4-5-14/h9,13-17,26H,1-8,10-12H2,(H,27,28)(H,21,22,23). The topological polar surface area (TPSA) is 102 Å². The van der Waals surface area contributed by atoms with Gasteiger partial charge in [-0.15, -0.1) is 0 Å². The Hall–Kier alpha value is -1.93. The third-order valence-electron chi connectivity index (χ3n) is 6.29. The molecule has 8 heteroatoms. The summed E-state index contributed by atoms with van der Waals surface area (Å²) in [4.78, 5) is 24.3. The molecule has 2 aliphatic carbocycles. The molecule has 3 fully saturated rings. The molecule has 1 unspecified atom stereocenters. The van der Waals surface area contributed by atoms with Crippen LogP contribution in [0.25, 0.3) is 0 Å². The Kier molecular flexibility index (Phi) is 5.96. The summed E-state index contributed by atoms with van der Waals surface area (Å²) >= 11 is 0. The van der Waals surface area contributed by atoms with Gasteiger partial charge in [0.15, 0.2) is 0 Å². The van der Waals surface area contributed by atoms with Gasteiger partial charge in [0.1, 0.15) is 18.0 Å². The van der Waals surface area contributed by atoms with E-state index in [-0.39, 0.29) is 19.2 Å². The van der Waals surface area contributed by atoms with E-state index < -0.39 is 5.97 Å². The van der Waals surface area contributed by atoms with Gasteiger partial charge in [-0.05, 0) is 50.9 Å². The van der Waals surface area contributed by atoms with Crippen molar-refractivity contribution < 1.29 is 15.0 Å². The number of aliphatic hydroxyl groups is 1. The van der Waals surface area contributed by atoms with E-state index in [2.05, 4.69) is 25.1 Å². The van der Waals surface area contributed by atoms with E-state index in [9.17, 15) is 15.0 Å². The smallest absolute Gasteiger partial charge is 0.317 e. The van der Waals surface area contributed by atoms with Gasteiger partial charge in [-0.1, -0.05) is 0 Å². The van der Waals surface area contributed by atoms with Crippen LogP contribution in [0.4, 0.5) is 11.6 Å². The summed E-state index contributed by atoms with van der Waals surface area (Å²) < 4.78 is 0. The third kappa shape index (κ3) is 4.72. The molecule has 1 aromatic heterocycles. The van der Waals surface area contributed by atoms with Gasteiger partial charge in [-0.3, -0.25) is 9.69 Å². The minimum absolute atomic E-state index is 0.136. The van der Waals surface area contributed by atoms with Crippen LogP contribution in [0.3, 0.4) is 0 Å². The molecule has 0 amide bonds. The van der Waals surface area contributed by atoms with E-state index in [1.54, 1.807) is 6.33 Å². The average Bonchev–Trinajstić information content (AvgIpc) is 3.48. The number of aliphatic hydroxyl groups excluding tert-OH is 1. The Labute approximate surface area is 166 Å². The monoisotopic (exact) mass is 389 g/mol. The van der Waals surface area contributed by atoms with E-state index in [1.165, 1.54) is 12.8 Å². The molecule has 1 aromatic rings. The fourth-order valence-electron chi connectivity index (χ4n) is 4.44. The number of anilines is 2. The lowest BCUT2D eigenvalue weighted by Gasteiger charge is -2.43. The van der Waals surface area contributed by atoms with Crippen LogP contribution in [0.15, 0.2) is 12.4 Å². The van der Waals surface area contributed by atoms with Gasteiger partial charge in [-0.2, -0.15) is 0 Å². The largest absolute Gasteiger partial charge is 0.480 e. The highest BCUT2D eigenvalue weighted by Crippen LogP contribution is 2.34. The Bertz CT molecular complexity index is 678. The van der Waals surface area contributed by atoms with Crippen molar-refractivity contribution in [2.45, 2.75) is 63.1 Å². The molecule has 8 nitrogen and oxygen atoms in total. The molecule has 0 spiro atoms. The first-order chi connectivity index (χ1) is 13.6. The number of piperidine rings is 1. The maximum absolute atomic E-state index is 11.2. The minimum Gasteiger partial charge on any atom is -0.480 e. The van der Waals surface area contributed by atoms with Crippen molar-refractivity contribution in [3.05, 3.63) is 12.4 Å². The summed E-state index contributed by atoms with van der Waals surface area (Å²) in [5.74, 6) is 1.63. The number of carboxylic acid groups (broad SMARTS) is 1. The molecule has 0 bridgehead atoms. The minimum atomic E-state index is -0.738. The number of hydrogen-bond donors (Lipinski definition) is 3. The molecular weight excluding hydrogens is 358 g/mol. The first-order valence-electron chi connectivity index (χ1n) is 10.5. The summed E-state index contributed by atoms with van der Waals surface area (Å²) in [7, 11) is 0. The molecule has 3 N–H and O–H groups in total. The van der Waals surface area contributed by atoms with Crippen LogP contribution in [0.2, 0.25) is 0 Å². The van der Waals surface area contributed by atoms with Crippen LogP contribution in [0.5, 0.6) is 0 Å². The molecule has 4 rings (SSSR count). The lowest BCUT2D eigenvalue weighted by atomic mass is 9.85. The summed E-state index contributed by atoms with van der Waals surface area (Å²) in [5, 5.41) is 22.3. The van der Waals surface area contributed by atoms with Crippen molar-refractivity contribution >= 4 is 17.6 Å². The van der Waals surface area contributed by atoms with Crippen molar-refractivity contribution in [3.8, 4) is 0 Å². The Morgan fingerprint density at radius 1 is 1.25 bits per heavy atom. The molecular formula is C20H31N5O3. The fraction of sp³-hybridized carbons (Fsp3) is 0.750. The van der Waals surface area contributed by atoms with E-state index >= 15 is 0 Å². The second-order valence-corrected chi connectivity index (χ2v) is 8.52. The lowest BCUT2D eigenvalue weighted by molar-refractivity contribution is -0.139. The quantitative estimate of drug-likeness (QED) is 0.585. The number of aromatic nitrogens is 2. The highest BCUT2D eigenvalue weighted by atomic mass is 16.4. The molecule has 3 aliphatic rings. The van der Waals surface area contributed by atoms with Crippen molar-refractivity contribution in [3.63, 3.8) is 0 Å². The van der Waals surface area contributed by atoms with E-state index in [4.69, 9.17) is 0 Å². The fourth-order valence-corrected chi connectivity index (χ4v) is 4.44. The molecule has 2 heterocycles. The van der Waals surface area contributed by atoms with Crippen molar-refractivity contribution in [1.29, 1.82) is 0 Å². The first kappa shape index (κ1) is 19.4. The van der Waals surface area contributed by atoms with Gasteiger partial charge < -0.3 is 20.4 Å². The number of hydrogen-bond acceptors (Lipinski definition) is 7. The zero-order chi connectivity index (χ0) is 19.5. The second-order valence-electron chi connectivity index (χ2n) is 8.52. The number of nitrogens with zero attached hydrogens (tertiary/aromatic N) is 4. The number of carbonyl (C=O) groups is 1. The van der Waals surface area contributed by atoms with Gasteiger partial charge in [0.05, 0.1) is 19.2 Å². The lowest BCUT2D eigenvalue weighted by Crippen LogP contribution is -2.52. The average molecular weight is 390 g/mol. The van der Waals surface area contributed by atoms with Gasteiger partial charge in [0.2, 0.25) is 0 Å². The predicted molar refractivity (Wildman–Crippen MR) is 106 cm³/mol. The summed E-state index contributed by atoms with van der Waals surface area (Å²) in [6, 6.07) is 2.77. The number of aliphatic carboxylic acids is 1. The zero-order valence-electron chi connectivity index (χ0n) is 16.3. The highest BCUT2D eigenvalue weighted by molar-refractivity contribution is 5.69. The van der Waals surface area contributed by atoms with Crippen LogP contribution in [-0.4, -0.2) is 75.4 Å². The van der Waals surface area contributed by atoms with E-state index in [1.807, 2.05) is 6.07 Å². The summed E-state index contributed by atoms with van der Waals surface area (Å²) in [6.07, 6.45) is 9.21. The van der Waals surface area contributed by atoms with Crippen molar-refractivity contribution in [2.24, 2.45) is 5.92 Å². The molecule has 28 heavy (non-hydrogen) atoms. The number of rotatable bonds is 9. The summed E-state index contributed by atoms with van der Waals surface area (Å²) in [5.41, 5.74) is 0. The van der Waals surface area contributed by atoms with Crippen LogP contribution in [0.1, 0.15) is 44.9 Å². The Morgan fingerprint density at radius 3 is 2.79 bits per heavy atom. The molecule has 154 valence electrons. The summed E-state index contributed by atoms with van der Waals surface area (Å²) in [6.45, 7) is 2.12. The SMILES string of the molecule is O=C(O)CN(CC1CC1)C1CC(Nc2cc(N3CCCCC3CO)ncn2)C1. The molecule has 0 radical (unpaired) electrons. The van der Waals surface area contributed by atoms with Crippen molar-refractivity contribution in [1.82, 2.24) is 14.9 Å². The van der Waals surface area contributed by atoms with Gasteiger partial charge in [0.25, 0.3) is 0 Å². The van der Waals surface area contributed by atoms with Crippen LogP contribution in [0, 0.1) is 5.92 Å². The second kappa shape index (κ2) is 8.61. The van der Waals surface area contributed by atoms with Crippen LogP contribution in [-0.2, 0) is 4.79 Å². The van der Waals surface area contributed by atoms with Gasteiger partial charge in [-0.25, -0.2) is 9.97 Å². The van der Waals surface area contributed by atoms with Crippen LogP contribution >= 0.6 is 0 Å². The Morgan fingerprint density at radius 2 is 2.07 bits per heavy atom. The maximum Gasteiger partial charge on any atom is 0.317 e. The molecule has 2 saturated carbocycles. The molecule has 1 saturated heterocycles. The normalized spacial score (nSPS) is 27.5. The van der Waals surface area contributed by atoms with E-state index in [0.717, 1.165) is 56.8 Å². The molecule has 1 aliphatic heterocycles. The number of carboxylic acids is 1. The zero-order valence-corrected chi connectivity index (χ0v) is 16.3. The van der Waals surface area contributed by atoms with Gasteiger partial charge >= 0.3 is 5.97 Å². The first-order valence-corrected chi connectivity index (χ1v) is 10.5.